The second kappa shape index (κ2) is 7.95. The molecule has 182 valence electrons. The van der Waals surface area contributed by atoms with E-state index >= 15 is 0 Å². The van der Waals surface area contributed by atoms with Crippen LogP contribution < -0.4 is 4.57 Å². The summed E-state index contributed by atoms with van der Waals surface area (Å²) >= 11 is 0. The third-order valence-electron chi connectivity index (χ3n) is 9.29. The number of fused-ring (bicyclic) bond motifs is 5. The second-order valence-corrected chi connectivity index (χ2v) is 12.6. The smallest absolute Gasteiger partial charge is 0.216 e. The van der Waals surface area contributed by atoms with Gasteiger partial charge in [-0.05, 0) is 78.2 Å². The molecule has 4 aromatic rings. The van der Waals surface area contributed by atoms with Crippen molar-refractivity contribution in [3.8, 4) is 11.3 Å². The molecule has 0 atom stereocenters. The summed E-state index contributed by atoms with van der Waals surface area (Å²) in [6.45, 7) is 12.1. The lowest BCUT2D eigenvalue weighted by Gasteiger charge is -2.43. The molecule has 0 aliphatic heterocycles. The van der Waals surface area contributed by atoms with Crippen LogP contribution in [0.15, 0.2) is 47.0 Å². The van der Waals surface area contributed by atoms with Gasteiger partial charge in [-0.1, -0.05) is 65.2 Å². The first kappa shape index (κ1) is 22.8. The highest BCUT2D eigenvalue weighted by atomic mass is 16.3. The lowest BCUT2D eigenvalue weighted by Crippen LogP contribution is -2.36. The Balaban J connectivity index is 1.68. The van der Waals surface area contributed by atoms with E-state index in [2.05, 4.69) is 88.8 Å². The van der Waals surface area contributed by atoms with Gasteiger partial charge < -0.3 is 4.42 Å². The number of hydrogen-bond acceptors (Lipinski definition) is 1. The maximum absolute atomic E-state index is 6.73. The highest BCUT2D eigenvalue weighted by Crippen LogP contribution is 2.54. The number of furan rings is 1. The van der Waals surface area contributed by atoms with Crippen LogP contribution in [0.4, 0.5) is 0 Å². The molecule has 0 N–H and O–H groups in total. The molecule has 0 unspecified atom stereocenters. The van der Waals surface area contributed by atoms with Crippen molar-refractivity contribution < 1.29 is 8.98 Å². The van der Waals surface area contributed by atoms with Crippen LogP contribution in [0.5, 0.6) is 0 Å². The number of nitrogens with zero attached hydrogens (tertiary/aromatic N) is 1. The molecule has 1 fully saturated rings. The molecule has 2 aromatic carbocycles. The molecule has 2 aromatic heterocycles. The summed E-state index contributed by atoms with van der Waals surface area (Å²) in [5.41, 5.74) is 10.8. The molecular weight excluding hydrogens is 426 g/mol. The molecule has 0 saturated heterocycles. The van der Waals surface area contributed by atoms with Crippen LogP contribution in [0.25, 0.3) is 33.2 Å². The minimum atomic E-state index is 0.117. The Morgan fingerprint density at radius 1 is 0.857 bits per heavy atom. The first-order valence-electron chi connectivity index (χ1n) is 13.7. The number of rotatable bonds is 2. The van der Waals surface area contributed by atoms with Crippen molar-refractivity contribution in [3.05, 3.63) is 64.8 Å². The number of pyridine rings is 1. The van der Waals surface area contributed by atoms with E-state index in [0.717, 1.165) is 11.2 Å². The maximum Gasteiger partial charge on any atom is 0.216 e. The first-order chi connectivity index (χ1) is 16.7. The van der Waals surface area contributed by atoms with Gasteiger partial charge in [-0.25, -0.2) is 4.57 Å². The van der Waals surface area contributed by atoms with Gasteiger partial charge in [-0.2, -0.15) is 0 Å². The molecule has 0 spiro atoms. The molecule has 0 amide bonds. The van der Waals surface area contributed by atoms with Crippen molar-refractivity contribution >= 4 is 21.9 Å². The summed E-state index contributed by atoms with van der Waals surface area (Å²) in [7, 11) is 2.23. The van der Waals surface area contributed by atoms with E-state index in [4.69, 9.17) is 4.42 Å². The van der Waals surface area contributed by atoms with Gasteiger partial charge in [0.1, 0.15) is 18.2 Å². The van der Waals surface area contributed by atoms with Gasteiger partial charge in [0.15, 0.2) is 6.20 Å². The van der Waals surface area contributed by atoms with E-state index in [1.807, 2.05) is 0 Å². The SMILES string of the molecule is Cc1c2c(c3c(oc4ccccc43)c1-c1ccc(C3CCCCC3)c[n+]1C)C(C)(C)CCC2(C)C. The average Bonchev–Trinajstić information content (AvgIpc) is 3.21. The van der Waals surface area contributed by atoms with E-state index in [9.17, 15) is 0 Å². The molecule has 2 heteroatoms. The van der Waals surface area contributed by atoms with E-state index in [-0.39, 0.29) is 10.8 Å². The molecule has 2 aliphatic carbocycles. The summed E-state index contributed by atoms with van der Waals surface area (Å²) in [4.78, 5) is 0. The summed E-state index contributed by atoms with van der Waals surface area (Å²) < 4.78 is 9.10. The largest absolute Gasteiger partial charge is 0.455 e. The lowest BCUT2D eigenvalue weighted by atomic mass is 9.60. The van der Waals surface area contributed by atoms with Gasteiger partial charge in [0, 0.05) is 22.4 Å². The number of aryl methyl sites for hydroxylation is 1. The molecule has 2 nitrogen and oxygen atoms in total. The Morgan fingerprint density at radius 3 is 2.26 bits per heavy atom. The Labute approximate surface area is 210 Å². The van der Waals surface area contributed by atoms with Crippen LogP contribution in [-0.4, -0.2) is 0 Å². The van der Waals surface area contributed by atoms with Crippen molar-refractivity contribution in [2.45, 2.75) is 96.3 Å². The monoisotopic (exact) mass is 466 g/mol. The fourth-order valence-electron chi connectivity index (χ4n) is 7.35. The molecule has 6 rings (SSSR count). The number of hydrogen-bond donors (Lipinski definition) is 0. The zero-order valence-corrected chi connectivity index (χ0v) is 22.4. The normalized spacial score (nSPS) is 19.8. The Bertz CT molecular complexity index is 1450. The van der Waals surface area contributed by atoms with Crippen LogP contribution in [0, 0.1) is 6.92 Å². The van der Waals surface area contributed by atoms with Gasteiger partial charge >= 0.3 is 0 Å². The molecule has 35 heavy (non-hydrogen) atoms. The van der Waals surface area contributed by atoms with Crippen LogP contribution in [-0.2, 0) is 17.9 Å². The van der Waals surface area contributed by atoms with Crippen molar-refractivity contribution in [2.24, 2.45) is 7.05 Å². The van der Waals surface area contributed by atoms with E-state index in [1.165, 1.54) is 83.7 Å². The van der Waals surface area contributed by atoms with Crippen molar-refractivity contribution in [1.29, 1.82) is 0 Å². The number of benzene rings is 2. The Morgan fingerprint density at radius 2 is 1.54 bits per heavy atom. The molecule has 2 aliphatic rings. The zero-order chi connectivity index (χ0) is 24.5. The van der Waals surface area contributed by atoms with E-state index < -0.39 is 0 Å². The first-order valence-corrected chi connectivity index (χ1v) is 13.7. The van der Waals surface area contributed by atoms with Crippen molar-refractivity contribution in [2.75, 3.05) is 0 Å². The number of para-hydroxylation sites is 1. The van der Waals surface area contributed by atoms with Gasteiger partial charge in [0.05, 0.1) is 5.56 Å². The van der Waals surface area contributed by atoms with Gasteiger partial charge in [-0.15, -0.1) is 0 Å². The minimum Gasteiger partial charge on any atom is -0.455 e. The predicted octanol–water partition coefficient (Wildman–Crippen LogP) is 8.78. The predicted molar refractivity (Wildman–Crippen MR) is 146 cm³/mol. The fraction of sp³-hybridized carbons (Fsp3) is 0.485. The van der Waals surface area contributed by atoms with Crippen LogP contribution in [0.2, 0.25) is 0 Å². The summed E-state index contributed by atoms with van der Waals surface area (Å²) in [5.74, 6) is 0.708. The molecular formula is C33H40NO+. The van der Waals surface area contributed by atoms with Crippen LogP contribution in [0.3, 0.4) is 0 Å². The lowest BCUT2D eigenvalue weighted by molar-refractivity contribution is -0.660. The van der Waals surface area contributed by atoms with Gasteiger partial charge in [0.2, 0.25) is 5.69 Å². The highest BCUT2D eigenvalue weighted by Gasteiger charge is 2.42. The molecule has 0 bridgehead atoms. The highest BCUT2D eigenvalue weighted by molar-refractivity contribution is 6.12. The second-order valence-electron chi connectivity index (χ2n) is 12.6. The Hall–Kier alpha value is -2.61. The van der Waals surface area contributed by atoms with Crippen LogP contribution >= 0.6 is 0 Å². The maximum atomic E-state index is 6.73. The quantitative estimate of drug-likeness (QED) is 0.270. The third-order valence-corrected chi connectivity index (χ3v) is 9.29. The molecule has 1 saturated carbocycles. The molecule has 0 radical (unpaired) electrons. The Kier molecular flexibility index (Phi) is 5.18. The van der Waals surface area contributed by atoms with E-state index in [0.29, 0.717) is 5.92 Å². The summed E-state index contributed by atoms with van der Waals surface area (Å²) in [6.07, 6.45) is 11.6. The third kappa shape index (κ3) is 3.47. The van der Waals surface area contributed by atoms with Gasteiger partial charge in [-0.3, -0.25) is 0 Å². The fourth-order valence-corrected chi connectivity index (χ4v) is 7.35. The van der Waals surface area contributed by atoms with Crippen molar-refractivity contribution in [3.63, 3.8) is 0 Å². The van der Waals surface area contributed by atoms with Crippen molar-refractivity contribution in [1.82, 2.24) is 0 Å². The number of aromatic nitrogens is 1. The van der Waals surface area contributed by atoms with E-state index in [1.54, 1.807) is 5.56 Å². The zero-order valence-electron chi connectivity index (χ0n) is 22.4. The average molecular weight is 467 g/mol. The summed E-state index contributed by atoms with van der Waals surface area (Å²) in [5, 5.41) is 2.59. The molecule has 2 heterocycles. The minimum absolute atomic E-state index is 0.117. The van der Waals surface area contributed by atoms with Gasteiger partial charge in [0.25, 0.3) is 0 Å². The standard InChI is InChI=1S/C33H40NO/c1-21-27(25-17-16-23(20-34(25)6)22-12-8-7-9-13-22)31-28(24-14-10-11-15-26(24)35-31)30-29(21)32(2,3)18-19-33(30,4)5/h10-11,14-17,20,22H,7-9,12-13,18-19H2,1-6H3/q+1. The topological polar surface area (TPSA) is 17.0 Å². The summed E-state index contributed by atoms with van der Waals surface area (Å²) in [6, 6.07) is 13.4. The van der Waals surface area contributed by atoms with Crippen LogP contribution in [0.1, 0.15) is 101 Å².